The van der Waals surface area contributed by atoms with Gasteiger partial charge in [0, 0.05) is 30.3 Å². The number of rotatable bonds is 2. The molecule has 3 aliphatic rings. The summed E-state index contributed by atoms with van der Waals surface area (Å²) in [6.45, 7) is 2.47. The van der Waals surface area contributed by atoms with Crippen LogP contribution in [0.1, 0.15) is 41.2 Å². The van der Waals surface area contributed by atoms with E-state index in [0.29, 0.717) is 11.8 Å². The molecule has 1 spiro atoms. The molecular weight excluding hydrogens is 330 g/mol. The van der Waals surface area contributed by atoms with Gasteiger partial charge < -0.3 is 9.64 Å². The number of carbonyl (C=O) groups excluding carboxylic acids is 1. The summed E-state index contributed by atoms with van der Waals surface area (Å²) in [5, 5.41) is 2.19. The zero-order valence-electron chi connectivity index (χ0n) is 14.3. The summed E-state index contributed by atoms with van der Waals surface area (Å²) in [7, 11) is 0. The highest BCUT2D eigenvalue weighted by atomic mass is 32.1. The monoisotopic (exact) mass is 353 g/mol. The molecular formula is C21H23NO2S. The summed E-state index contributed by atoms with van der Waals surface area (Å²) in [6, 6.07) is 12.7. The number of fused-ring (bicyclic) bond motifs is 2. The van der Waals surface area contributed by atoms with Crippen LogP contribution in [0, 0.1) is 5.92 Å². The first-order chi connectivity index (χ1) is 12.3. The minimum absolute atomic E-state index is 0.132. The Morgan fingerprint density at radius 2 is 1.96 bits per heavy atom. The molecule has 2 aromatic rings. The molecule has 25 heavy (non-hydrogen) atoms. The number of hydrogen-bond acceptors (Lipinski definition) is 3. The number of benzene rings is 1. The average Bonchev–Trinajstić information content (AvgIpc) is 3.31. The SMILES string of the molecule is O=C([C@@H]1C[C@H]1c1ccccc1)N1CCC2(CC1)OCCc1sccc12. The summed E-state index contributed by atoms with van der Waals surface area (Å²) in [5.74, 6) is 0.976. The Labute approximate surface area is 152 Å². The summed E-state index contributed by atoms with van der Waals surface area (Å²) in [5.41, 5.74) is 2.57. The summed E-state index contributed by atoms with van der Waals surface area (Å²) in [6.07, 6.45) is 3.92. The van der Waals surface area contributed by atoms with E-state index in [9.17, 15) is 4.79 Å². The van der Waals surface area contributed by atoms with Crippen molar-refractivity contribution in [3.05, 3.63) is 57.8 Å². The number of hydrogen-bond donors (Lipinski definition) is 0. The quantitative estimate of drug-likeness (QED) is 0.818. The van der Waals surface area contributed by atoms with E-state index < -0.39 is 0 Å². The highest BCUT2D eigenvalue weighted by Gasteiger charge is 2.48. The van der Waals surface area contributed by atoms with Gasteiger partial charge in [-0.1, -0.05) is 30.3 Å². The normalized spacial score (nSPS) is 27.1. The Balaban J connectivity index is 1.25. The second-order valence-corrected chi connectivity index (χ2v) is 8.54. The fourth-order valence-corrected chi connectivity index (χ4v) is 5.58. The molecule has 0 radical (unpaired) electrons. The molecule has 0 N–H and O–H groups in total. The Morgan fingerprint density at radius 1 is 1.16 bits per heavy atom. The zero-order chi connectivity index (χ0) is 16.9. The van der Waals surface area contributed by atoms with Crippen molar-refractivity contribution in [2.24, 2.45) is 5.92 Å². The fraction of sp³-hybridized carbons (Fsp3) is 0.476. The lowest BCUT2D eigenvalue weighted by Gasteiger charge is -2.44. The summed E-state index contributed by atoms with van der Waals surface area (Å²) < 4.78 is 6.25. The molecule has 2 aliphatic heterocycles. The van der Waals surface area contributed by atoms with Crippen LogP contribution in [-0.2, 0) is 21.6 Å². The van der Waals surface area contributed by atoms with Crippen molar-refractivity contribution < 1.29 is 9.53 Å². The van der Waals surface area contributed by atoms with Crippen molar-refractivity contribution >= 4 is 17.2 Å². The van der Waals surface area contributed by atoms with Crippen molar-refractivity contribution in [1.82, 2.24) is 4.90 Å². The van der Waals surface area contributed by atoms with Crippen LogP contribution in [0.4, 0.5) is 0 Å². The van der Waals surface area contributed by atoms with E-state index in [1.807, 2.05) is 17.4 Å². The fourth-order valence-electron chi connectivity index (χ4n) is 4.63. The van der Waals surface area contributed by atoms with Crippen molar-refractivity contribution in [2.45, 2.75) is 37.2 Å². The predicted molar refractivity (Wildman–Crippen MR) is 98.8 cm³/mol. The molecule has 130 valence electrons. The van der Waals surface area contributed by atoms with Crippen molar-refractivity contribution in [2.75, 3.05) is 19.7 Å². The highest BCUT2D eigenvalue weighted by molar-refractivity contribution is 7.10. The van der Waals surface area contributed by atoms with Crippen LogP contribution < -0.4 is 0 Å². The first-order valence-electron chi connectivity index (χ1n) is 9.31. The second kappa shape index (κ2) is 5.96. The van der Waals surface area contributed by atoms with Gasteiger partial charge in [0.05, 0.1) is 12.2 Å². The molecule has 1 saturated carbocycles. The van der Waals surface area contributed by atoms with Gasteiger partial charge >= 0.3 is 0 Å². The topological polar surface area (TPSA) is 29.5 Å². The van der Waals surface area contributed by atoms with Crippen LogP contribution in [0.25, 0.3) is 0 Å². The number of piperidine rings is 1. The van der Waals surface area contributed by atoms with Crippen molar-refractivity contribution in [3.63, 3.8) is 0 Å². The maximum atomic E-state index is 12.9. The van der Waals surface area contributed by atoms with E-state index in [2.05, 4.69) is 40.6 Å². The molecule has 0 bridgehead atoms. The molecule has 5 rings (SSSR count). The third kappa shape index (κ3) is 2.63. The van der Waals surface area contributed by atoms with E-state index in [0.717, 1.165) is 45.4 Å². The standard InChI is InChI=1S/C21H23NO2S/c23-20(17-14-16(17)15-4-2-1-3-5-15)22-10-8-21(9-11-22)18-7-13-25-19(18)6-12-24-21/h1-5,7,13,16-17H,6,8-12,14H2/t16-,17+/m0/s1. The van der Waals surface area contributed by atoms with E-state index in [1.165, 1.54) is 16.0 Å². The van der Waals surface area contributed by atoms with Gasteiger partial charge in [0.2, 0.25) is 5.91 Å². The predicted octanol–water partition coefficient (Wildman–Crippen LogP) is 3.94. The molecule has 1 amide bonds. The number of amides is 1. The smallest absolute Gasteiger partial charge is 0.226 e. The Hall–Kier alpha value is -1.65. The molecule has 4 heteroatoms. The van der Waals surface area contributed by atoms with Gasteiger partial charge in [0.1, 0.15) is 0 Å². The van der Waals surface area contributed by atoms with E-state index in [4.69, 9.17) is 4.74 Å². The number of ether oxygens (including phenoxy) is 1. The number of nitrogens with zero attached hydrogens (tertiary/aromatic N) is 1. The van der Waals surface area contributed by atoms with Crippen LogP contribution >= 0.6 is 11.3 Å². The lowest BCUT2D eigenvalue weighted by Crippen LogP contribution is -2.48. The molecule has 2 atom stereocenters. The maximum Gasteiger partial charge on any atom is 0.226 e. The van der Waals surface area contributed by atoms with Crippen LogP contribution in [0.15, 0.2) is 41.8 Å². The number of carbonyl (C=O) groups is 1. The van der Waals surface area contributed by atoms with Crippen LogP contribution in [0.2, 0.25) is 0 Å². The van der Waals surface area contributed by atoms with Gasteiger partial charge in [-0.15, -0.1) is 11.3 Å². The zero-order valence-corrected chi connectivity index (χ0v) is 15.1. The third-order valence-electron chi connectivity index (χ3n) is 6.16. The number of likely N-dealkylation sites (tertiary alicyclic amines) is 1. The van der Waals surface area contributed by atoms with Crippen molar-refractivity contribution in [3.8, 4) is 0 Å². The van der Waals surface area contributed by atoms with Gasteiger partial charge in [0.25, 0.3) is 0 Å². The molecule has 2 fully saturated rings. The van der Waals surface area contributed by atoms with Gasteiger partial charge in [-0.2, -0.15) is 0 Å². The highest BCUT2D eigenvalue weighted by Crippen LogP contribution is 2.49. The molecule has 3 heterocycles. The lowest BCUT2D eigenvalue weighted by molar-refractivity contribution is -0.142. The Kier molecular flexibility index (Phi) is 3.72. The first-order valence-corrected chi connectivity index (χ1v) is 10.2. The Bertz CT molecular complexity index is 776. The van der Waals surface area contributed by atoms with Gasteiger partial charge in [0.15, 0.2) is 0 Å². The Morgan fingerprint density at radius 3 is 2.76 bits per heavy atom. The van der Waals surface area contributed by atoms with Gasteiger partial charge in [-0.25, -0.2) is 0 Å². The van der Waals surface area contributed by atoms with Crippen LogP contribution in [-0.4, -0.2) is 30.5 Å². The lowest BCUT2D eigenvalue weighted by atomic mass is 9.82. The molecule has 0 unspecified atom stereocenters. The van der Waals surface area contributed by atoms with Crippen LogP contribution in [0.5, 0.6) is 0 Å². The minimum Gasteiger partial charge on any atom is -0.370 e. The summed E-state index contributed by atoms with van der Waals surface area (Å²) >= 11 is 1.85. The first kappa shape index (κ1) is 15.6. The van der Waals surface area contributed by atoms with Crippen molar-refractivity contribution in [1.29, 1.82) is 0 Å². The van der Waals surface area contributed by atoms with Gasteiger partial charge in [-0.3, -0.25) is 4.79 Å². The van der Waals surface area contributed by atoms with Gasteiger partial charge in [-0.05, 0) is 47.8 Å². The average molecular weight is 353 g/mol. The largest absolute Gasteiger partial charge is 0.370 e. The molecule has 1 aromatic carbocycles. The van der Waals surface area contributed by atoms with E-state index >= 15 is 0 Å². The maximum absolute atomic E-state index is 12.9. The van der Waals surface area contributed by atoms with E-state index in [1.54, 1.807) is 0 Å². The van der Waals surface area contributed by atoms with Crippen LogP contribution in [0.3, 0.4) is 0 Å². The molecule has 1 saturated heterocycles. The molecule has 3 nitrogen and oxygen atoms in total. The third-order valence-corrected chi connectivity index (χ3v) is 7.14. The number of thiophene rings is 1. The second-order valence-electron chi connectivity index (χ2n) is 7.53. The molecule has 1 aromatic heterocycles. The minimum atomic E-state index is -0.132. The molecule has 1 aliphatic carbocycles. The van der Waals surface area contributed by atoms with E-state index in [-0.39, 0.29) is 11.5 Å². The summed E-state index contributed by atoms with van der Waals surface area (Å²) in [4.78, 5) is 16.5.